The molecular formula is C39H57NO5Si. The largest absolute Gasteiger partial charge is 0.451 e. The number of fused-ring (bicyclic) bond motifs is 4. The molecule has 4 aliphatic rings. The van der Waals surface area contributed by atoms with Gasteiger partial charge in [-0.25, -0.2) is 0 Å². The molecule has 7 heteroatoms. The van der Waals surface area contributed by atoms with Crippen molar-refractivity contribution in [3.63, 3.8) is 0 Å². The number of esters is 1. The van der Waals surface area contributed by atoms with Crippen molar-refractivity contribution in [3.8, 4) is 0 Å². The Kier molecular flexibility index (Phi) is 9.71. The van der Waals surface area contributed by atoms with Crippen molar-refractivity contribution in [2.24, 2.45) is 17.3 Å². The molecule has 0 aliphatic heterocycles. The maximum atomic E-state index is 13.4. The second kappa shape index (κ2) is 12.8. The zero-order chi connectivity index (χ0) is 33.7. The number of rotatable bonds is 10. The van der Waals surface area contributed by atoms with E-state index in [1.165, 1.54) is 34.9 Å². The highest BCUT2D eigenvalue weighted by Crippen LogP contribution is 2.67. The summed E-state index contributed by atoms with van der Waals surface area (Å²) in [6.07, 6.45) is 9.49. The topological polar surface area (TPSA) is 72.9 Å². The van der Waals surface area contributed by atoms with E-state index in [2.05, 4.69) is 77.0 Å². The van der Waals surface area contributed by atoms with Crippen molar-refractivity contribution in [1.29, 1.82) is 0 Å². The number of unbranched alkanes of at least 4 members (excludes halogenated alkanes) is 1. The third-order valence-electron chi connectivity index (χ3n) is 12.6. The Morgan fingerprint density at radius 2 is 1.72 bits per heavy atom. The van der Waals surface area contributed by atoms with Crippen LogP contribution in [0, 0.1) is 17.3 Å². The van der Waals surface area contributed by atoms with Gasteiger partial charge in [0.15, 0.2) is 25.5 Å². The molecule has 1 aromatic rings. The van der Waals surface area contributed by atoms with Gasteiger partial charge in [0.1, 0.15) is 0 Å². The first kappa shape index (κ1) is 34.8. The number of carbonyl (C=O) groups is 3. The fourth-order valence-corrected chi connectivity index (χ4v) is 10.2. The second-order valence-electron chi connectivity index (χ2n) is 16.3. The number of hydrogen-bond acceptors (Lipinski definition) is 6. The summed E-state index contributed by atoms with van der Waals surface area (Å²) < 4.78 is 12.5. The molecule has 0 unspecified atom stereocenters. The molecule has 0 radical (unpaired) electrons. The van der Waals surface area contributed by atoms with Crippen LogP contribution in [0.4, 0.5) is 5.69 Å². The van der Waals surface area contributed by atoms with Gasteiger partial charge in [-0.3, -0.25) is 14.4 Å². The SMILES string of the molecule is CC(=O)O[C@]1(C(C)=O)CC[C@H]2[C@@H]3CCC4=CC(=O)CCC4=C3[C@@H](c3ccc(N(C)CCCCO[Si](C)(C)C(C)(C)C)cc3)C[C@@]21C. The maximum Gasteiger partial charge on any atom is 0.303 e. The Hall–Kier alpha value is -2.51. The van der Waals surface area contributed by atoms with Gasteiger partial charge in [-0.05, 0) is 123 Å². The lowest BCUT2D eigenvalue weighted by molar-refractivity contribution is -0.182. The first-order valence-corrected chi connectivity index (χ1v) is 20.5. The first-order chi connectivity index (χ1) is 21.5. The molecule has 0 N–H and O–H groups in total. The van der Waals surface area contributed by atoms with E-state index in [1.807, 2.05) is 6.08 Å². The fraction of sp³-hybridized carbons (Fsp3) is 0.667. The minimum Gasteiger partial charge on any atom is -0.451 e. The zero-order valence-electron chi connectivity index (χ0n) is 29.9. The molecule has 1 aromatic carbocycles. The molecule has 0 heterocycles. The first-order valence-electron chi connectivity index (χ1n) is 17.6. The number of anilines is 1. The second-order valence-corrected chi connectivity index (χ2v) is 21.1. The Balaban J connectivity index is 1.40. The molecule has 6 nitrogen and oxygen atoms in total. The van der Waals surface area contributed by atoms with Gasteiger partial charge in [0.25, 0.3) is 0 Å². The molecule has 252 valence electrons. The van der Waals surface area contributed by atoms with Gasteiger partial charge in [0, 0.05) is 50.6 Å². The molecule has 0 spiro atoms. The van der Waals surface area contributed by atoms with Gasteiger partial charge in [-0.2, -0.15) is 0 Å². The van der Waals surface area contributed by atoms with Gasteiger partial charge < -0.3 is 14.1 Å². The average molecular weight is 648 g/mol. The average Bonchev–Trinajstić information content (AvgIpc) is 3.27. The predicted octanol–water partition coefficient (Wildman–Crippen LogP) is 8.72. The van der Waals surface area contributed by atoms with Crippen molar-refractivity contribution in [1.82, 2.24) is 0 Å². The summed E-state index contributed by atoms with van der Waals surface area (Å²) in [7, 11) is 0.445. The van der Waals surface area contributed by atoms with E-state index in [0.717, 1.165) is 58.1 Å². The Morgan fingerprint density at radius 1 is 1.02 bits per heavy atom. The molecule has 2 saturated carbocycles. The van der Waals surface area contributed by atoms with E-state index in [1.54, 1.807) is 6.92 Å². The number of nitrogens with zero attached hydrogens (tertiary/aromatic N) is 1. The molecule has 0 bridgehead atoms. The summed E-state index contributed by atoms with van der Waals surface area (Å²) in [5.74, 6) is 0.513. The highest BCUT2D eigenvalue weighted by atomic mass is 28.4. The fourth-order valence-electron chi connectivity index (χ4n) is 9.10. The summed E-state index contributed by atoms with van der Waals surface area (Å²) in [6, 6.07) is 9.01. The van der Waals surface area contributed by atoms with Crippen molar-refractivity contribution in [2.75, 3.05) is 25.1 Å². The quantitative estimate of drug-likeness (QED) is 0.144. The van der Waals surface area contributed by atoms with Crippen LogP contribution < -0.4 is 4.90 Å². The predicted molar refractivity (Wildman–Crippen MR) is 188 cm³/mol. The molecule has 0 saturated heterocycles. The zero-order valence-corrected chi connectivity index (χ0v) is 30.9. The molecule has 0 aromatic heterocycles. The number of ketones is 2. The molecule has 46 heavy (non-hydrogen) atoms. The summed E-state index contributed by atoms with van der Waals surface area (Å²) >= 11 is 0. The van der Waals surface area contributed by atoms with Crippen LogP contribution in [-0.2, 0) is 23.5 Å². The maximum absolute atomic E-state index is 13.4. The van der Waals surface area contributed by atoms with Crippen molar-refractivity contribution < 1.29 is 23.5 Å². The van der Waals surface area contributed by atoms with E-state index in [9.17, 15) is 14.4 Å². The summed E-state index contributed by atoms with van der Waals surface area (Å²) in [5.41, 5.74) is 4.98. The van der Waals surface area contributed by atoms with Gasteiger partial charge in [-0.1, -0.05) is 45.4 Å². The van der Waals surface area contributed by atoms with E-state index < -0.39 is 19.3 Å². The minimum atomic E-state index is -1.71. The van der Waals surface area contributed by atoms with Gasteiger partial charge in [-0.15, -0.1) is 0 Å². The molecule has 0 amide bonds. The number of benzene rings is 1. The van der Waals surface area contributed by atoms with Gasteiger partial charge in [0.05, 0.1) is 0 Å². The number of carbonyl (C=O) groups excluding carboxylic acids is 3. The van der Waals surface area contributed by atoms with Crippen LogP contribution in [-0.4, -0.2) is 51.7 Å². The number of Topliss-reactive ketones (excluding diaryl/α,β-unsaturated/α-hetero) is 1. The van der Waals surface area contributed by atoms with Crippen LogP contribution in [0.3, 0.4) is 0 Å². The van der Waals surface area contributed by atoms with E-state index in [4.69, 9.17) is 9.16 Å². The highest BCUT2D eigenvalue weighted by molar-refractivity contribution is 6.74. The number of ether oxygens (including phenoxy) is 1. The number of allylic oxidation sites excluding steroid dienone is 4. The van der Waals surface area contributed by atoms with Crippen LogP contribution in [0.1, 0.15) is 111 Å². The van der Waals surface area contributed by atoms with E-state index >= 15 is 0 Å². The van der Waals surface area contributed by atoms with Gasteiger partial charge >= 0.3 is 5.97 Å². The van der Waals surface area contributed by atoms with E-state index in [0.29, 0.717) is 18.8 Å². The lowest BCUT2D eigenvalue weighted by atomic mass is 9.50. The Bertz CT molecular complexity index is 1420. The summed E-state index contributed by atoms with van der Waals surface area (Å²) in [4.78, 5) is 40.6. The molecule has 4 aliphatic carbocycles. The minimum absolute atomic E-state index is 0.0334. The van der Waals surface area contributed by atoms with Crippen molar-refractivity contribution >= 4 is 31.5 Å². The van der Waals surface area contributed by atoms with Crippen LogP contribution in [0.5, 0.6) is 0 Å². The lowest BCUT2D eigenvalue weighted by Gasteiger charge is -2.55. The lowest BCUT2D eigenvalue weighted by Crippen LogP contribution is -2.57. The molecule has 5 rings (SSSR count). The third kappa shape index (κ3) is 6.23. The Morgan fingerprint density at radius 3 is 2.35 bits per heavy atom. The van der Waals surface area contributed by atoms with Crippen LogP contribution in [0.2, 0.25) is 18.1 Å². The molecule has 5 atom stereocenters. The normalized spacial score (nSPS) is 29.5. The van der Waals surface area contributed by atoms with Crippen LogP contribution in [0.15, 0.2) is 47.1 Å². The summed E-state index contributed by atoms with van der Waals surface area (Å²) in [5, 5.41) is 0.231. The third-order valence-corrected chi connectivity index (χ3v) is 17.2. The molecule has 2 fully saturated rings. The number of hydrogen-bond donors (Lipinski definition) is 0. The van der Waals surface area contributed by atoms with Crippen molar-refractivity contribution in [2.45, 2.75) is 129 Å². The molecular weight excluding hydrogens is 591 g/mol. The smallest absolute Gasteiger partial charge is 0.303 e. The monoisotopic (exact) mass is 647 g/mol. The van der Waals surface area contributed by atoms with Gasteiger partial charge in [0.2, 0.25) is 0 Å². The summed E-state index contributed by atoms with van der Waals surface area (Å²) in [6.45, 7) is 18.5. The Labute approximate surface area is 278 Å². The highest BCUT2D eigenvalue weighted by Gasteiger charge is 2.67. The van der Waals surface area contributed by atoms with Crippen LogP contribution >= 0.6 is 0 Å². The standard InChI is InChI=1S/C39H57NO5Si/c1-26(41)39(45-27(2)42)21-20-35-33-18-14-29-24-31(43)17-19-32(29)36(33)34(25-38(35,39)6)28-12-15-30(16-13-28)40(7)22-10-11-23-44-46(8,9)37(3,4)5/h12-13,15-16,24,33-35H,10-11,14,17-23,25H2,1-9H3/t33-,34+,35-,38-,39-/m0/s1. The van der Waals surface area contributed by atoms with Crippen molar-refractivity contribution in [3.05, 3.63) is 52.6 Å². The van der Waals surface area contributed by atoms with E-state index in [-0.39, 0.29) is 34.4 Å². The van der Waals surface area contributed by atoms with Crippen LogP contribution in [0.25, 0.3) is 0 Å².